The van der Waals surface area contributed by atoms with Gasteiger partial charge in [-0.25, -0.2) is 0 Å². The summed E-state index contributed by atoms with van der Waals surface area (Å²) in [6, 6.07) is 9.49. The molecule has 0 bridgehead atoms. The van der Waals surface area contributed by atoms with Crippen LogP contribution in [0.3, 0.4) is 0 Å². The first-order valence-corrected chi connectivity index (χ1v) is 7.57. The molecule has 0 spiro atoms. The van der Waals surface area contributed by atoms with Crippen molar-refractivity contribution in [3.63, 3.8) is 0 Å². The monoisotopic (exact) mass is 330 g/mol. The van der Waals surface area contributed by atoms with Gasteiger partial charge in [0, 0.05) is 16.3 Å². The van der Waals surface area contributed by atoms with Crippen molar-refractivity contribution in [2.24, 2.45) is 0 Å². The Morgan fingerprint density at radius 1 is 0.957 bits per heavy atom. The van der Waals surface area contributed by atoms with Crippen LogP contribution in [0.4, 0.5) is 0 Å². The summed E-state index contributed by atoms with van der Waals surface area (Å²) in [5, 5.41) is 20.4. The highest BCUT2D eigenvalue weighted by molar-refractivity contribution is 7.21. The number of aromatic hydroxyl groups is 2. The van der Waals surface area contributed by atoms with Crippen LogP contribution in [0.15, 0.2) is 36.4 Å². The van der Waals surface area contributed by atoms with Crippen molar-refractivity contribution >= 4 is 27.2 Å². The zero-order chi connectivity index (χ0) is 16.6. The van der Waals surface area contributed by atoms with E-state index in [-0.39, 0.29) is 17.3 Å². The minimum Gasteiger partial charge on any atom is -0.504 e. The van der Waals surface area contributed by atoms with Gasteiger partial charge in [0.25, 0.3) is 0 Å². The third kappa shape index (κ3) is 2.68. The van der Waals surface area contributed by atoms with Gasteiger partial charge >= 0.3 is 0 Å². The summed E-state index contributed by atoms with van der Waals surface area (Å²) in [5.74, 6) is 0.410. The number of fused-ring (bicyclic) bond motifs is 1. The number of rotatable bonds is 4. The molecule has 0 aliphatic carbocycles. The number of benzene rings is 2. The van der Waals surface area contributed by atoms with Crippen LogP contribution in [-0.4, -0.2) is 30.2 Å². The predicted octanol–water partition coefficient (Wildman–Crippen LogP) is 3.56. The fourth-order valence-corrected chi connectivity index (χ4v) is 3.34. The van der Waals surface area contributed by atoms with Gasteiger partial charge in [0.1, 0.15) is 0 Å². The fourth-order valence-electron chi connectivity index (χ4n) is 2.31. The van der Waals surface area contributed by atoms with Gasteiger partial charge in [-0.1, -0.05) is 0 Å². The van der Waals surface area contributed by atoms with Crippen molar-refractivity contribution in [1.29, 1.82) is 0 Å². The van der Waals surface area contributed by atoms with E-state index in [1.165, 1.54) is 31.6 Å². The largest absolute Gasteiger partial charge is 0.504 e. The molecule has 118 valence electrons. The summed E-state index contributed by atoms with van der Waals surface area (Å²) in [6.07, 6.45) is 0. The maximum Gasteiger partial charge on any atom is 0.203 e. The van der Waals surface area contributed by atoms with Gasteiger partial charge in [-0.05, 0) is 35.7 Å². The number of phenols is 2. The molecule has 2 aromatic carbocycles. The van der Waals surface area contributed by atoms with E-state index in [2.05, 4.69) is 0 Å². The number of hydrogen-bond acceptors (Lipinski definition) is 6. The SMILES string of the molecule is COc1ccc(C(=O)c2cc3cc(O)c(OC)cc3s2)cc1O. The highest BCUT2D eigenvalue weighted by Gasteiger charge is 2.16. The van der Waals surface area contributed by atoms with E-state index < -0.39 is 0 Å². The normalized spacial score (nSPS) is 10.7. The molecule has 0 unspecified atom stereocenters. The van der Waals surface area contributed by atoms with Crippen molar-refractivity contribution in [2.75, 3.05) is 14.2 Å². The molecular formula is C17H14O5S. The molecule has 0 aliphatic rings. The molecule has 0 fully saturated rings. The average molecular weight is 330 g/mol. The van der Waals surface area contributed by atoms with E-state index in [9.17, 15) is 15.0 Å². The predicted molar refractivity (Wildman–Crippen MR) is 88.1 cm³/mol. The second-order valence-electron chi connectivity index (χ2n) is 4.89. The number of carbonyl (C=O) groups is 1. The molecule has 3 rings (SSSR count). The molecule has 5 nitrogen and oxygen atoms in total. The molecule has 0 saturated heterocycles. The quantitative estimate of drug-likeness (QED) is 0.715. The van der Waals surface area contributed by atoms with E-state index >= 15 is 0 Å². The molecule has 0 saturated carbocycles. The second-order valence-corrected chi connectivity index (χ2v) is 5.97. The van der Waals surface area contributed by atoms with Gasteiger partial charge < -0.3 is 19.7 Å². The lowest BCUT2D eigenvalue weighted by molar-refractivity contribution is 0.104. The highest BCUT2D eigenvalue weighted by atomic mass is 32.1. The minimum atomic E-state index is -0.206. The third-order valence-electron chi connectivity index (χ3n) is 3.48. The zero-order valence-electron chi connectivity index (χ0n) is 12.5. The van der Waals surface area contributed by atoms with Crippen molar-refractivity contribution < 1.29 is 24.5 Å². The topological polar surface area (TPSA) is 76.0 Å². The first-order chi connectivity index (χ1) is 11.0. The number of ether oxygens (including phenoxy) is 2. The minimum absolute atomic E-state index is 0.0268. The standard InChI is InChI=1S/C17H14O5S/c1-21-13-4-3-9(5-11(13)18)17(20)16-7-10-6-12(19)14(22-2)8-15(10)23-16/h3-8,18-19H,1-2H3. The Morgan fingerprint density at radius 3 is 2.30 bits per heavy atom. The van der Waals surface area contributed by atoms with E-state index in [1.807, 2.05) is 0 Å². The fraction of sp³-hybridized carbons (Fsp3) is 0.118. The van der Waals surface area contributed by atoms with Gasteiger partial charge in [-0.2, -0.15) is 0 Å². The lowest BCUT2D eigenvalue weighted by atomic mass is 10.1. The van der Waals surface area contributed by atoms with Crippen molar-refractivity contribution in [1.82, 2.24) is 0 Å². The Labute approximate surface area is 136 Å². The first kappa shape index (κ1) is 15.2. The van der Waals surface area contributed by atoms with Gasteiger partial charge in [0.05, 0.1) is 19.1 Å². The Balaban J connectivity index is 2.02. The van der Waals surface area contributed by atoms with E-state index in [1.54, 1.807) is 30.3 Å². The lowest BCUT2D eigenvalue weighted by Crippen LogP contribution is -1.98. The Hall–Kier alpha value is -2.73. The van der Waals surface area contributed by atoms with Gasteiger partial charge in [0.2, 0.25) is 5.78 Å². The van der Waals surface area contributed by atoms with Gasteiger partial charge in [-0.3, -0.25) is 4.79 Å². The number of methoxy groups -OCH3 is 2. The molecular weight excluding hydrogens is 316 g/mol. The van der Waals surface area contributed by atoms with E-state index in [0.29, 0.717) is 21.9 Å². The Kier molecular flexibility index (Phi) is 3.83. The summed E-state index contributed by atoms with van der Waals surface area (Å²) in [7, 11) is 2.92. The van der Waals surface area contributed by atoms with Crippen molar-refractivity contribution in [3.8, 4) is 23.0 Å². The van der Waals surface area contributed by atoms with Crippen LogP contribution in [0.25, 0.3) is 10.1 Å². The van der Waals surface area contributed by atoms with Crippen molar-refractivity contribution in [3.05, 3.63) is 46.8 Å². The second kappa shape index (κ2) is 5.81. The maximum absolute atomic E-state index is 12.6. The maximum atomic E-state index is 12.6. The number of thiophene rings is 1. The molecule has 23 heavy (non-hydrogen) atoms. The van der Waals surface area contributed by atoms with Crippen LogP contribution in [0.1, 0.15) is 15.2 Å². The van der Waals surface area contributed by atoms with Crippen LogP contribution < -0.4 is 9.47 Å². The number of phenolic OH excluding ortho intramolecular Hbond substituents is 2. The lowest BCUT2D eigenvalue weighted by Gasteiger charge is -2.04. The molecule has 0 radical (unpaired) electrons. The molecule has 2 N–H and O–H groups in total. The summed E-state index contributed by atoms with van der Waals surface area (Å²) in [4.78, 5) is 13.1. The molecule has 0 amide bonds. The summed E-state index contributed by atoms with van der Waals surface area (Å²) < 4.78 is 10.9. The molecule has 0 aliphatic heterocycles. The third-order valence-corrected chi connectivity index (χ3v) is 4.58. The first-order valence-electron chi connectivity index (χ1n) is 6.75. The average Bonchev–Trinajstić information content (AvgIpc) is 2.95. The zero-order valence-corrected chi connectivity index (χ0v) is 13.3. The molecule has 0 atom stereocenters. The van der Waals surface area contributed by atoms with E-state index in [0.717, 1.165) is 10.1 Å². The molecule has 1 heterocycles. The number of hydrogen-bond donors (Lipinski definition) is 2. The molecule has 3 aromatic rings. The smallest absolute Gasteiger partial charge is 0.203 e. The van der Waals surface area contributed by atoms with Gasteiger partial charge in [0.15, 0.2) is 23.0 Å². The summed E-state index contributed by atoms with van der Waals surface area (Å²) in [5.41, 5.74) is 0.367. The van der Waals surface area contributed by atoms with Gasteiger partial charge in [-0.15, -0.1) is 11.3 Å². The van der Waals surface area contributed by atoms with E-state index in [4.69, 9.17) is 9.47 Å². The van der Waals surface area contributed by atoms with Crippen LogP contribution in [0.2, 0.25) is 0 Å². The van der Waals surface area contributed by atoms with Crippen molar-refractivity contribution in [2.45, 2.75) is 0 Å². The van der Waals surface area contributed by atoms with Crippen LogP contribution >= 0.6 is 11.3 Å². The highest BCUT2D eigenvalue weighted by Crippen LogP contribution is 2.37. The van der Waals surface area contributed by atoms with Crippen LogP contribution in [0, 0.1) is 0 Å². The van der Waals surface area contributed by atoms with Crippen LogP contribution in [0.5, 0.6) is 23.0 Å². The Morgan fingerprint density at radius 2 is 1.65 bits per heavy atom. The number of carbonyl (C=O) groups excluding carboxylic acids is 1. The molecule has 6 heteroatoms. The Bertz CT molecular complexity index is 897. The number of ketones is 1. The van der Waals surface area contributed by atoms with Crippen LogP contribution in [-0.2, 0) is 0 Å². The summed E-state index contributed by atoms with van der Waals surface area (Å²) in [6.45, 7) is 0. The molecule has 1 aromatic heterocycles. The summed E-state index contributed by atoms with van der Waals surface area (Å²) >= 11 is 1.30.